The molecule has 112 valence electrons. The average Bonchev–Trinajstić information content (AvgIpc) is 2.26. The van der Waals surface area contributed by atoms with Gasteiger partial charge >= 0.3 is 59.1 Å². The summed E-state index contributed by atoms with van der Waals surface area (Å²) < 4.78 is 19.5. The zero-order valence-corrected chi connectivity index (χ0v) is 16.7. The molecule has 13 heteroatoms. The molecule has 10 nitrogen and oxygen atoms in total. The molecule has 1 aliphatic rings. The first-order valence-electron chi connectivity index (χ1n) is 5.25. The summed E-state index contributed by atoms with van der Waals surface area (Å²) in [6.45, 7) is 0.329. The minimum atomic E-state index is -5.45. The maximum atomic E-state index is 10.9. The van der Waals surface area contributed by atoms with Gasteiger partial charge in [0, 0.05) is 6.92 Å². The molecule has 1 amide bonds. The van der Waals surface area contributed by atoms with Crippen molar-refractivity contribution in [3.63, 3.8) is 0 Å². The molecule has 1 fully saturated rings. The topological polar surface area (TPSA) is 171 Å². The maximum absolute atomic E-state index is 10.9. The predicted octanol–water partition coefficient (Wildman–Crippen LogP) is -10.2. The molecule has 21 heavy (non-hydrogen) atoms. The Morgan fingerprint density at radius 1 is 1.33 bits per heavy atom. The molecular formula is C8H14NNa2O9P. The van der Waals surface area contributed by atoms with Crippen LogP contribution in [0, 0.1) is 0 Å². The molecule has 1 aliphatic heterocycles. The molecular weight excluding hydrogens is 331 g/mol. The van der Waals surface area contributed by atoms with Crippen LogP contribution in [0.25, 0.3) is 0 Å². The second-order valence-electron chi connectivity index (χ2n) is 3.99. The number of aliphatic hydroxyl groups is 3. The van der Waals surface area contributed by atoms with E-state index in [9.17, 15) is 29.4 Å². The van der Waals surface area contributed by atoms with Gasteiger partial charge in [0.1, 0.15) is 24.4 Å². The van der Waals surface area contributed by atoms with Crippen LogP contribution < -0.4 is 74.2 Å². The minimum Gasteiger partial charge on any atom is -0.790 e. The van der Waals surface area contributed by atoms with Gasteiger partial charge < -0.3 is 44.2 Å². The predicted molar refractivity (Wildman–Crippen MR) is 54.1 cm³/mol. The van der Waals surface area contributed by atoms with E-state index in [0.29, 0.717) is 0 Å². The van der Waals surface area contributed by atoms with Crippen LogP contribution in [0.15, 0.2) is 0 Å². The number of ether oxygens (including phenoxy) is 1. The third kappa shape index (κ3) is 7.69. The average molecular weight is 345 g/mol. The first-order chi connectivity index (χ1) is 8.65. The fourth-order valence-corrected chi connectivity index (χ4v) is 2.12. The van der Waals surface area contributed by atoms with Crippen molar-refractivity contribution in [2.24, 2.45) is 0 Å². The number of phosphoric ester groups is 1. The van der Waals surface area contributed by atoms with E-state index in [1.54, 1.807) is 0 Å². The Bertz CT molecular complexity index is 381. The number of amides is 1. The molecule has 1 heterocycles. The van der Waals surface area contributed by atoms with Crippen molar-refractivity contribution < 1.29 is 103 Å². The molecule has 1 rings (SSSR count). The Morgan fingerprint density at radius 3 is 2.24 bits per heavy atom. The van der Waals surface area contributed by atoms with Gasteiger partial charge in [-0.3, -0.25) is 4.79 Å². The molecule has 0 aliphatic carbocycles. The number of hydrogen-bond donors (Lipinski definition) is 4. The molecule has 0 radical (unpaired) electrons. The van der Waals surface area contributed by atoms with E-state index >= 15 is 0 Å². The number of carbonyl (C=O) groups excluding carboxylic acids is 1. The monoisotopic (exact) mass is 345 g/mol. The molecule has 5 unspecified atom stereocenters. The van der Waals surface area contributed by atoms with E-state index in [4.69, 9.17) is 9.84 Å². The van der Waals surface area contributed by atoms with Gasteiger partial charge in [0.15, 0.2) is 6.29 Å². The Balaban J connectivity index is 0. The summed E-state index contributed by atoms with van der Waals surface area (Å²) in [4.78, 5) is 32.1. The van der Waals surface area contributed by atoms with Crippen molar-refractivity contribution in [3.8, 4) is 0 Å². The number of carbonyl (C=O) groups is 1. The summed E-state index contributed by atoms with van der Waals surface area (Å²) in [5, 5.41) is 30.3. The molecule has 0 aromatic rings. The van der Waals surface area contributed by atoms with Crippen LogP contribution in [-0.2, 0) is 18.6 Å². The van der Waals surface area contributed by atoms with Gasteiger partial charge in [-0.1, -0.05) is 0 Å². The minimum absolute atomic E-state index is 0. The summed E-state index contributed by atoms with van der Waals surface area (Å²) in [7, 11) is -5.45. The van der Waals surface area contributed by atoms with Crippen LogP contribution in [-0.4, -0.2) is 58.5 Å². The van der Waals surface area contributed by atoms with Gasteiger partial charge in [0.25, 0.3) is 0 Å². The second-order valence-corrected chi connectivity index (χ2v) is 5.09. The van der Waals surface area contributed by atoms with Gasteiger partial charge in [-0.05, 0) is 0 Å². The van der Waals surface area contributed by atoms with Gasteiger partial charge in [-0.15, -0.1) is 0 Å². The maximum Gasteiger partial charge on any atom is 1.00 e. The van der Waals surface area contributed by atoms with E-state index in [-0.39, 0.29) is 59.1 Å². The Kier molecular flexibility index (Phi) is 12.1. The van der Waals surface area contributed by atoms with E-state index < -0.39 is 51.0 Å². The van der Waals surface area contributed by atoms with Gasteiger partial charge in [0.2, 0.25) is 5.91 Å². The van der Waals surface area contributed by atoms with Crippen molar-refractivity contribution in [2.75, 3.05) is 6.61 Å². The standard InChI is InChI=1S/C8H16NO9P.2Na/c1-3(11)9-5-7(13)6(12)4(2-10)17-8(5)18-19(14,15)16;;/h4-8,10,12-13H,2H2,1H3,(H,9,11)(H2,14,15,16);;/q;2*+1/p-2. The van der Waals surface area contributed by atoms with Crippen LogP contribution >= 0.6 is 7.82 Å². The fraction of sp³-hybridized carbons (Fsp3) is 0.875. The number of rotatable bonds is 4. The van der Waals surface area contributed by atoms with Crippen molar-refractivity contribution in [1.82, 2.24) is 5.32 Å². The number of phosphoric acid groups is 1. The summed E-state index contributed by atoms with van der Waals surface area (Å²) in [6.07, 6.45) is -6.44. The third-order valence-corrected chi connectivity index (χ3v) is 2.95. The van der Waals surface area contributed by atoms with Gasteiger partial charge in [-0.2, -0.15) is 0 Å². The zero-order valence-electron chi connectivity index (χ0n) is 11.8. The SMILES string of the molecule is CC(=O)NC1C(OP(=O)([O-])[O-])OC(CO)C(O)C1O.[Na+].[Na+]. The second kappa shape index (κ2) is 10.3. The molecule has 0 spiro atoms. The number of aliphatic hydroxyl groups excluding tert-OH is 3. The number of hydrogen-bond acceptors (Lipinski definition) is 9. The van der Waals surface area contributed by atoms with Crippen molar-refractivity contribution in [2.45, 2.75) is 37.6 Å². The summed E-state index contributed by atoms with van der Waals surface area (Å²) >= 11 is 0. The smallest absolute Gasteiger partial charge is 0.790 e. The van der Waals surface area contributed by atoms with Crippen LogP contribution in [0.2, 0.25) is 0 Å². The van der Waals surface area contributed by atoms with Crippen molar-refractivity contribution in [1.29, 1.82) is 0 Å². The van der Waals surface area contributed by atoms with E-state index in [1.165, 1.54) is 0 Å². The van der Waals surface area contributed by atoms with Crippen LogP contribution in [0.1, 0.15) is 6.92 Å². The van der Waals surface area contributed by atoms with E-state index in [2.05, 4.69) is 9.84 Å². The van der Waals surface area contributed by atoms with Crippen LogP contribution in [0.3, 0.4) is 0 Å². The normalized spacial score (nSPS) is 32.6. The largest absolute Gasteiger partial charge is 1.00 e. The first-order valence-corrected chi connectivity index (χ1v) is 6.72. The summed E-state index contributed by atoms with van der Waals surface area (Å²) in [6, 6.07) is -1.47. The molecule has 0 saturated carbocycles. The molecule has 0 bridgehead atoms. The first kappa shape index (κ1) is 24.7. The summed E-state index contributed by atoms with van der Waals surface area (Å²) in [5.74, 6) is -0.664. The zero-order chi connectivity index (χ0) is 14.8. The summed E-state index contributed by atoms with van der Waals surface area (Å²) in [5.41, 5.74) is 0. The quantitative estimate of drug-likeness (QED) is 0.285. The van der Waals surface area contributed by atoms with Crippen LogP contribution in [0.4, 0.5) is 0 Å². The molecule has 5 atom stereocenters. The van der Waals surface area contributed by atoms with E-state index in [1.807, 2.05) is 0 Å². The Hall–Kier alpha value is 1.42. The van der Waals surface area contributed by atoms with Crippen LogP contribution in [0.5, 0.6) is 0 Å². The third-order valence-electron chi connectivity index (χ3n) is 2.48. The van der Waals surface area contributed by atoms with Gasteiger partial charge in [0.05, 0.1) is 14.4 Å². The number of nitrogens with one attached hydrogen (secondary N) is 1. The molecule has 4 N–H and O–H groups in total. The molecule has 0 aromatic heterocycles. The van der Waals surface area contributed by atoms with Gasteiger partial charge in [-0.25, -0.2) is 0 Å². The molecule has 1 saturated heterocycles. The van der Waals surface area contributed by atoms with Crippen molar-refractivity contribution in [3.05, 3.63) is 0 Å². The van der Waals surface area contributed by atoms with Crippen molar-refractivity contribution >= 4 is 13.7 Å². The fourth-order valence-electron chi connectivity index (χ4n) is 1.69. The van der Waals surface area contributed by atoms with E-state index in [0.717, 1.165) is 6.92 Å². The Labute approximate surface area is 165 Å². The Morgan fingerprint density at radius 2 is 1.86 bits per heavy atom. The molecule has 0 aromatic carbocycles.